The Morgan fingerprint density at radius 3 is 2.59 bits per heavy atom. The maximum Gasteiger partial charge on any atom is 0.245 e. The molecule has 7 nitrogen and oxygen atoms in total. The number of amides is 2. The zero-order valence-corrected chi connectivity index (χ0v) is 25.1. The number of nitriles is 1. The quantitative estimate of drug-likeness (QED) is 0.362. The highest BCUT2D eigenvalue weighted by Crippen LogP contribution is 2.44. The number of anilines is 1. The predicted molar refractivity (Wildman–Crippen MR) is 162 cm³/mol. The van der Waals surface area contributed by atoms with Gasteiger partial charge in [-0.25, -0.2) is 9.97 Å². The standard InChI is InChI=1S/C34H47N5O2/c1-4-25(2)22-34(29-14-6-5-7-15-29)17-9-13-28(21-27-11-8-12-27)26(3)33(41)39(20-10-18-34)24-32(40)38-30-16-19-36-31(23-35)37-30/h5-7,14-16,19,25-28H,4,8-13,17-18,20-22,24H2,1-3H3,(H,36,37,38,40)/t25?,26?,28?,34-/m0/s1. The van der Waals surface area contributed by atoms with E-state index in [2.05, 4.69) is 66.4 Å². The predicted octanol–water partition coefficient (Wildman–Crippen LogP) is 6.90. The smallest absolute Gasteiger partial charge is 0.245 e. The molecule has 3 unspecified atom stereocenters. The number of hydrogen-bond acceptors (Lipinski definition) is 5. The van der Waals surface area contributed by atoms with Crippen LogP contribution >= 0.6 is 0 Å². The Labute approximate surface area is 246 Å². The molecule has 2 fully saturated rings. The summed E-state index contributed by atoms with van der Waals surface area (Å²) in [5, 5.41) is 11.9. The van der Waals surface area contributed by atoms with Crippen LogP contribution in [0.5, 0.6) is 0 Å². The summed E-state index contributed by atoms with van der Waals surface area (Å²) in [7, 11) is 0. The average molecular weight is 558 g/mol. The first-order chi connectivity index (χ1) is 19.8. The lowest BCUT2D eigenvalue weighted by Crippen LogP contribution is -2.43. The number of carbonyl (C=O) groups is 2. The lowest BCUT2D eigenvalue weighted by Gasteiger charge is -2.38. The highest BCUT2D eigenvalue weighted by molar-refractivity contribution is 5.94. The van der Waals surface area contributed by atoms with E-state index in [9.17, 15) is 9.59 Å². The van der Waals surface area contributed by atoms with Crippen molar-refractivity contribution < 1.29 is 9.59 Å². The van der Waals surface area contributed by atoms with Crippen LogP contribution in [0.25, 0.3) is 0 Å². The van der Waals surface area contributed by atoms with E-state index in [-0.39, 0.29) is 41.3 Å². The molecule has 1 aromatic heterocycles. The van der Waals surface area contributed by atoms with Gasteiger partial charge in [0.05, 0.1) is 6.54 Å². The molecule has 1 saturated heterocycles. The van der Waals surface area contributed by atoms with Gasteiger partial charge in [-0.15, -0.1) is 0 Å². The minimum atomic E-state index is -0.299. The van der Waals surface area contributed by atoms with Crippen molar-refractivity contribution >= 4 is 17.6 Å². The van der Waals surface area contributed by atoms with E-state index in [0.29, 0.717) is 18.4 Å². The van der Waals surface area contributed by atoms with Crippen LogP contribution in [0.2, 0.25) is 0 Å². The van der Waals surface area contributed by atoms with Gasteiger partial charge in [0.15, 0.2) is 0 Å². The van der Waals surface area contributed by atoms with Gasteiger partial charge < -0.3 is 10.2 Å². The highest BCUT2D eigenvalue weighted by atomic mass is 16.2. The van der Waals surface area contributed by atoms with Gasteiger partial charge in [-0.2, -0.15) is 5.26 Å². The highest BCUT2D eigenvalue weighted by Gasteiger charge is 2.37. The normalized spacial score (nSPS) is 24.9. The molecule has 1 aliphatic carbocycles. The molecule has 2 heterocycles. The van der Waals surface area contributed by atoms with E-state index in [0.717, 1.165) is 57.3 Å². The van der Waals surface area contributed by atoms with E-state index < -0.39 is 0 Å². The van der Waals surface area contributed by atoms with Gasteiger partial charge in [0.25, 0.3) is 0 Å². The topological polar surface area (TPSA) is 99.0 Å². The maximum absolute atomic E-state index is 14.0. The molecule has 1 saturated carbocycles. The first kappa shape index (κ1) is 30.7. The zero-order chi connectivity index (χ0) is 29.2. The van der Waals surface area contributed by atoms with Crippen molar-refractivity contribution in [2.24, 2.45) is 23.7 Å². The van der Waals surface area contributed by atoms with Crippen LogP contribution in [0, 0.1) is 35.0 Å². The third-order valence-electron chi connectivity index (χ3n) is 9.76. The molecule has 1 aromatic carbocycles. The molecule has 2 aliphatic rings. The van der Waals surface area contributed by atoms with E-state index in [4.69, 9.17) is 5.26 Å². The van der Waals surface area contributed by atoms with Gasteiger partial charge in [-0.3, -0.25) is 9.59 Å². The van der Waals surface area contributed by atoms with Crippen LogP contribution in [0.15, 0.2) is 42.6 Å². The second kappa shape index (κ2) is 14.6. The monoisotopic (exact) mass is 557 g/mol. The molecule has 1 aliphatic heterocycles. The summed E-state index contributed by atoms with van der Waals surface area (Å²) in [5.41, 5.74) is 1.48. The molecule has 41 heavy (non-hydrogen) atoms. The fourth-order valence-electron chi connectivity index (χ4n) is 6.97. The Hall–Kier alpha value is -3.27. The molecule has 1 N–H and O–H groups in total. The molecular weight excluding hydrogens is 510 g/mol. The minimum absolute atomic E-state index is 0.000131. The Balaban J connectivity index is 1.59. The molecule has 2 aromatic rings. The third-order valence-corrected chi connectivity index (χ3v) is 9.76. The lowest BCUT2D eigenvalue weighted by molar-refractivity contribution is -0.140. The van der Waals surface area contributed by atoms with Crippen LogP contribution in [0.4, 0.5) is 5.82 Å². The summed E-state index contributed by atoms with van der Waals surface area (Å²) in [5.74, 6) is 1.61. The SMILES string of the molecule is CCC(C)C[C@]1(c2ccccc2)CCCC(CC2CCC2)C(C)C(=O)N(CC(=O)Nc2ccnc(C#N)n2)CCC1. The molecule has 2 amide bonds. The molecule has 0 bridgehead atoms. The summed E-state index contributed by atoms with van der Waals surface area (Å²) in [6.07, 6.45) is 13.8. The Morgan fingerprint density at radius 1 is 1.15 bits per heavy atom. The van der Waals surface area contributed by atoms with E-state index in [1.54, 1.807) is 11.0 Å². The Bertz CT molecular complexity index is 1190. The summed E-state index contributed by atoms with van der Waals surface area (Å²) >= 11 is 0. The molecule has 7 heteroatoms. The molecule has 4 rings (SSSR count). The number of rotatable bonds is 9. The van der Waals surface area contributed by atoms with Crippen molar-refractivity contribution in [1.29, 1.82) is 5.26 Å². The van der Waals surface area contributed by atoms with Gasteiger partial charge in [0.2, 0.25) is 17.6 Å². The summed E-state index contributed by atoms with van der Waals surface area (Å²) in [4.78, 5) is 36.9. The van der Waals surface area contributed by atoms with Gasteiger partial charge >= 0.3 is 0 Å². The van der Waals surface area contributed by atoms with Crippen LogP contribution < -0.4 is 5.32 Å². The number of nitrogens with one attached hydrogen (secondary N) is 1. The van der Waals surface area contributed by atoms with E-state index in [1.807, 2.05) is 6.07 Å². The first-order valence-electron chi connectivity index (χ1n) is 15.7. The van der Waals surface area contributed by atoms with Gasteiger partial charge in [0, 0.05) is 18.7 Å². The van der Waals surface area contributed by atoms with Crippen molar-refractivity contribution in [3.8, 4) is 6.07 Å². The fourth-order valence-corrected chi connectivity index (χ4v) is 6.97. The number of aromatic nitrogens is 2. The number of hydrogen-bond donors (Lipinski definition) is 1. The van der Waals surface area contributed by atoms with Crippen molar-refractivity contribution in [2.45, 2.75) is 96.8 Å². The molecular formula is C34H47N5O2. The van der Waals surface area contributed by atoms with Crippen LogP contribution in [0.3, 0.4) is 0 Å². The number of carbonyl (C=O) groups excluding carboxylic acids is 2. The van der Waals surface area contributed by atoms with Crippen LogP contribution in [0.1, 0.15) is 103 Å². The summed E-state index contributed by atoms with van der Waals surface area (Å²) in [6.45, 7) is 7.26. The molecule has 4 atom stereocenters. The second-order valence-electron chi connectivity index (χ2n) is 12.6. The Morgan fingerprint density at radius 2 is 1.90 bits per heavy atom. The second-order valence-corrected chi connectivity index (χ2v) is 12.6. The number of benzene rings is 1. The minimum Gasteiger partial charge on any atom is -0.333 e. The fraction of sp³-hybridized carbons (Fsp3) is 0.618. The van der Waals surface area contributed by atoms with Crippen LogP contribution in [-0.2, 0) is 15.0 Å². The average Bonchev–Trinajstić information content (AvgIpc) is 2.98. The van der Waals surface area contributed by atoms with Gasteiger partial charge in [-0.1, -0.05) is 83.2 Å². The summed E-state index contributed by atoms with van der Waals surface area (Å²) < 4.78 is 0. The first-order valence-corrected chi connectivity index (χ1v) is 15.7. The van der Waals surface area contributed by atoms with Gasteiger partial charge in [-0.05, 0) is 73.3 Å². The molecule has 220 valence electrons. The van der Waals surface area contributed by atoms with Crippen molar-refractivity contribution in [3.05, 3.63) is 54.0 Å². The van der Waals surface area contributed by atoms with E-state index >= 15 is 0 Å². The van der Waals surface area contributed by atoms with Gasteiger partial charge in [0.1, 0.15) is 11.9 Å². The Kier molecular flexibility index (Phi) is 10.9. The molecule has 0 spiro atoms. The number of nitrogens with zero attached hydrogens (tertiary/aromatic N) is 4. The van der Waals surface area contributed by atoms with Crippen LogP contribution in [-0.4, -0.2) is 39.8 Å². The van der Waals surface area contributed by atoms with Crippen molar-refractivity contribution in [3.63, 3.8) is 0 Å². The lowest BCUT2D eigenvalue weighted by atomic mass is 9.67. The largest absolute Gasteiger partial charge is 0.333 e. The van der Waals surface area contributed by atoms with E-state index in [1.165, 1.54) is 31.0 Å². The van der Waals surface area contributed by atoms with Crippen molar-refractivity contribution in [2.75, 3.05) is 18.4 Å². The summed E-state index contributed by atoms with van der Waals surface area (Å²) in [6, 6.07) is 14.5. The maximum atomic E-state index is 14.0. The van der Waals surface area contributed by atoms with Crippen molar-refractivity contribution in [1.82, 2.24) is 14.9 Å². The zero-order valence-electron chi connectivity index (χ0n) is 25.1. The molecule has 0 radical (unpaired) electrons. The third kappa shape index (κ3) is 8.15.